The lowest BCUT2D eigenvalue weighted by molar-refractivity contribution is 0.357. The first-order valence-corrected chi connectivity index (χ1v) is 15.2. The highest BCUT2D eigenvalue weighted by Crippen LogP contribution is 2.45. The zero-order chi connectivity index (χ0) is 28.7. The highest BCUT2D eigenvalue weighted by molar-refractivity contribution is 7.80. The Hall–Kier alpha value is -3.42. The van der Waals surface area contributed by atoms with E-state index >= 15 is 0 Å². The largest absolute Gasteiger partial charge is 0.370 e. The van der Waals surface area contributed by atoms with Crippen LogP contribution in [0.3, 0.4) is 0 Å². The number of nitrogens with one attached hydrogen (secondary N) is 1. The van der Waals surface area contributed by atoms with Crippen molar-refractivity contribution >= 4 is 40.3 Å². The Morgan fingerprint density at radius 3 is 2.49 bits per heavy atom. The van der Waals surface area contributed by atoms with Gasteiger partial charge >= 0.3 is 0 Å². The Bertz CT molecular complexity index is 1530. The van der Waals surface area contributed by atoms with Crippen LogP contribution in [0.4, 0.5) is 11.4 Å². The molecular weight excluding hydrogens is 548 g/mol. The summed E-state index contributed by atoms with van der Waals surface area (Å²) in [6, 6.07) is 18.7. The molecule has 1 N–H and O–H groups in total. The first-order chi connectivity index (χ1) is 19.8. The summed E-state index contributed by atoms with van der Waals surface area (Å²) in [5.74, 6) is 1.30. The van der Waals surface area contributed by atoms with E-state index in [0.717, 1.165) is 41.7 Å². The van der Waals surface area contributed by atoms with E-state index in [1.165, 1.54) is 28.9 Å². The molecule has 0 unspecified atom stereocenters. The molecule has 2 aliphatic rings. The van der Waals surface area contributed by atoms with Crippen molar-refractivity contribution < 1.29 is 0 Å². The van der Waals surface area contributed by atoms with Crippen LogP contribution in [0.2, 0.25) is 5.02 Å². The maximum atomic E-state index is 7.03. The normalized spacial score (nSPS) is 22.7. The third-order valence-corrected chi connectivity index (χ3v) is 9.13. The van der Waals surface area contributed by atoms with Crippen molar-refractivity contribution in [3.63, 3.8) is 0 Å². The van der Waals surface area contributed by atoms with E-state index in [1.807, 2.05) is 36.8 Å². The Balaban J connectivity index is 1.40. The molecule has 6 nitrogen and oxygen atoms in total. The zero-order valence-corrected chi connectivity index (χ0v) is 25.7. The quantitative estimate of drug-likeness (QED) is 0.241. The second kappa shape index (κ2) is 11.5. The van der Waals surface area contributed by atoms with Crippen molar-refractivity contribution in [2.75, 3.05) is 22.9 Å². The van der Waals surface area contributed by atoms with E-state index in [-0.39, 0.29) is 12.1 Å². The van der Waals surface area contributed by atoms with Crippen LogP contribution in [0.5, 0.6) is 0 Å². The van der Waals surface area contributed by atoms with Crippen molar-refractivity contribution in [3.8, 4) is 0 Å². The average Bonchev–Trinajstić information content (AvgIpc) is 3.44. The summed E-state index contributed by atoms with van der Waals surface area (Å²) in [5.41, 5.74) is 7.82. The summed E-state index contributed by atoms with van der Waals surface area (Å²) in [5, 5.41) is 5.04. The fourth-order valence-electron chi connectivity index (χ4n) is 6.76. The predicted molar refractivity (Wildman–Crippen MR) is 172 cm³/mol. The van der Waals surface area contributed by atoms with E-state index in [1.54, 1.807) is 0 Å². The highest BCUT2D eigenvalue weighted by Gasteiger charge is 2.42. The van der Waals surface area contributed by atoms with Gasteiger partial charge in [-0.2, -0.15) is 0 Å². The fourth-order valence-corrected chi connectivity index (χ4v) is 7.40. The summed E-state index contributed by atoms with van der Waals surface area (Å²) in [4.78, 5) is 13.7. The van der Waals surface area contributed by atoms with Crippen LogP contribution in [0.25, 0.3) is 0 Å². The number of hydrogen-bond donors (Lipinski definition) is 1. The molecular formula is C33H37ClN6S. The van der Waals surface area contributed by atoms with Gasteiger partial charge in [-0.05, 0) is 97.9 Å². The molecule has 0 saturated carbocycles. The number of thiocarbonyl (C=S) groups is 1. The summed E-state index contributed by atoms with van der Waals surface area (Å²) in [7, 11) is 0. The lowest BCUT2D eigenvalue weighted by Gasteiger charge is -2.37. The monoisotopic (exact) mass is 584 g/mol. The number of benzene rings is 1. The number of aryl methyl sites for hydroxylation is 1. The molecule has 2 saturated heterocycles. The lowest BCUT2D eigenvalue weighted by atomic mass is 9.91. The Morgan fingerprint density at radius 2 is 1.80 bits per heavy atom. The maximum Gasteiger partial charge on any atom is 0.174 e. The Labute approximate surface area is 253 Å². The number of nitrogens with zero attached hydrogens (tertiary/aromatic N) is 5. The molecule has 0 amide bonds. The van der Waals surface area contributed by atoms with Gasteiger partial charge in [-0.1, -0.05) is 37.6 Å². The third-order valence-electron chi connectivity index (χ3n) is 8.51. The van der Waals surface area contributed by atoms with Gasteiger partial charge in [-0.3, -0.25) is 9.97 Å². The van der Waals surface area contributed by atoms with Gasteiger partial charge in [-0.15, -0.1) is 0 Å². The minimum Gasteiger partial charge on any atom is -0.370 e. The van der Waals surface area contributed by atoms with Crippen LogP contribution in [0.15, 0.2) is 73.2 Å². The molecule has 4 aromatic rings. The van der Waals surface area contributed by atoms with Crippen molar-refractivity contribution in [3.05, 3.63) is 106 Å². The van der Waals surface area contributed by atoms with Crippen molar-refractivity contribution in [1.82, 2.24) is 19.9 Å². The van der Waals surface area contributed by atoms with Gasteiger partial charge in [0.25, 0.3) is 0 Å². The lowest BCUT2D eigenvalue weighted by Crippen LogP contribution is -2.38. The van der Waals surface area contributed by atoms with Crippen LogP contribution in [0, 0.1) is 25.7 Å². The molecule has 41 heavy (non-hydrogen) atoms. The topological polar surface area (TPSA) is 49.2 Å². The summed E-state index contributed by atoms with van der Waals surface area (Å²) < 4.78 is 2.36. The van der Waals surface area contributed by atoms with Crippen molar-refractivity contribution in [2.24, 2.45) is 11.8 Å². The van der Waals surface area contributed by atoms with E-state index in [4.69, 9.17) is 28.8 Å². The summed E-state index contributed by atoms with van der Waals surface area (Å²) in [6.45, 7) is 11.8. The van der Waals surface area contributed by atoms with E-state index < -0.39 is 0 Å². The SMILES string of the molecule is Cc1cc([C@H]2[C@@H](c3ccccn3)NC(=S)N2c2ccc(N3C[C@H](C)C[C@H](C)C3)c(Cl)c2)c(C)n1Cc1cccnc1. The smallest absolute Gasteiger partial charge is 0.174 e. The van der Waals surface area contributed by atoms with E-state index in [9.17, 15) is 0 Å². The van der Waals surface area contributed by atoms with Gasteiger partial charge in [0.2, 0.25) is 0 Å². The second-order valence-electron chi connectivity index (χ2n) is 11.8. The van der Waals surface area contributed by atoms with Crippen molar-refractivity contribution in [2.45, 2.75) is 52.7 Å². The second-order valence-corrected chi connectivity index (χ2v) is 12.6. The molecule has 2 aliphatic heterocycles. The van der Waals surface area contributed by atoms with Gasteiger partial charge in [-0.25, -0.2) is 0 Å². The average molecular weight is 585 g/mol. The van der Waals surface area contributed by atoms with Crippen LogP contribution < -0.4 is 15.1 Å². The van der Waals surface area contributed by atoms with E-state index in [0.29, 0.717) is 16.9 Å². The first kappa shape index (κ1) is 27.7. The zero-order valence-electron chi connectivity index (χ0n) is 24.1. The minimum atomic E-state index is -0.113. The van der Waals surface area contributed by atoms with Crippen molar-refractivity contribution in [1.29, 1.82) is 0 Å². The standard InChI is InChI=1S/C33H37ClN6S/c1-21-14-22(2)19-38(18-21)30-11-10-26(16-28(30)34)40-32(31(37-33(40)41)29-9-5-6-13-36-29)27-15-23(3)39(24(27)4)20-25-8-7-12-35-17-25/h5-13,15-17,21-22,31-32H,14,18-20H2,1-4H3,(H,37,41)/t21-,22+,31-,32+/m1/s1. The van der Waals surface area contributed by atoms with Gasteiger partial charge < -0.3 is 19.7 Å². The molecule has 3 aromatic heterocycles. The highest BCUT2D eigenvalue weighted by atomic mass is 35.5. The number of pyridine rings is 2. The molecule has 0 aliphatic carbocycles. The molecule has 8 heteroatoms. The Morgan fingerprint density at radius 1 is 1.00 bits per heavy atom. The number of anilines is 2. The summed E-state index contributed by atoms with van der Waals surface area (Å²) in [6.07, 6.45) is 6.85. The third kappa shape index (κ3) is 5.45. The molecule has 0 radical (unpaired) electrons. The van der Waals surface area contributed by atoms with Gasteiger partial charge in [0.15, 0.2) is 5.11 Å². The molecule has 1 aromatic carbocycles. The molecule has 6 rings (SSSR count). The first-order valence-electron chi connectivity index (χ1n) is 14.4. The number of piperidine rings is 1. The number of rotatable bonds is 6. The molecule has 0 spiro atoms. The number of halogens is 1. The fraction of sp³-hybridized carbons (Fsp3) is 0.364. The molecule has 0 bridgehead atoms. The van der Waals surface area contributed by atoms with E-state index in [2.05, 4.69) is 88.8 Å². The van der Waals surface area contributed by atoms with Gasteiger partial charge in [0.05, 0.1) is 28.5 Å². The number of hydrogen-bond acceptors (Lipinski definition) is 4. The maximum absolute atomic E-state index is 7.03. The summed E-state index contributed by atoms with van der Waals surface area (Å²) >= 11 is 13.0. The van der Waals surface area contributed by atoms with Crippen LogP contribution in [0.1, 0.15) is 60.6 Å². The molecule has 212 valence electrons. The predicted octanol–water partition coefficient (Wildman–Crippen LogP) is 7.26. The number of aromatic nitrogens is 3. The Kier molecular flexibility index (Phi) is 7.75. The van der Waals surface area contributed by atoms with Crippen LogP contribution in [-0.4, -0.2) is 32.7 Å². The van der Waals surface area contributed by atoms with Crippen LogP contribution >= 0.6 is 23.8 Å². The molecule has 2 fully saturated rings. The minimum absolute atomic E-state index is 0.0943. The van der Waals surface area contributed by atoms with Gasteiger partial charge in [0, 0.05) is 55.3 Å². The van der Waals surface area contributed by atoms with Gasteiger partial charge in [0.1, 0.15) is 0 Å². The van der Waals surface area contributed by atoms with Crippen LogP contribution in [-0.2, 0) is 6.54 Å². The molecule has 4 atom stereocenters. The molecule has 5 heterocycles.